The second-order valence-electron chi connectivity index (χ2n) is 4.88. The first kappa shape index (κ1) is 13.6. The molecule has 1 N–H and O–H groups in total. The third-order valence-corrected chi connectivity index (χ3v) is 5.05. The van der Waals surface area contributed by atoms with Crippen molar-refractivity contribution in [3.8, 4) is 0 Å². The summed E-state index contributed by atoms with van der Waals surface area (Å²) in [6, 6.07) is 2.92. The minimum atomic E-state index is -3.68. The van der Waals surface area contributed by atoms with Crippen LogP contribution in [0.25, 0.3) is 0 Å². The van der Waals surface area contributed by atoms with Crippen molar-refractivity contribution in [2.24, 2.45) is 0 Å². The molecule has 1 saturated heterocycles. The number of rotatable bonds is 4. The molecule has 8 heteroatoms. The molecule has 7 nitrogen and oxygen atoms in total. The Balaban J connectivity index is 1.75. The van der Waals surface area contributed by atoms with E-state index in [9.17, 15) is 13.2 Å². The van der Waals surface area contributed by atoms with Crippen LogP contribution in [0.1, 0.15) is 23.4 Å². The van der Waals surface area contributed by atoms with Crippen LogP contribution in [0.4, 0.5) is 0 Å². The molecule has 20 heavy (non-hydrogen) atoms. The second kappa shape index (κ2) is 5.19. The van der Waals surface area contributed by atoms with E-state index >= 15 is 0 Å². The Morgan fingerprint density at radius 3 is 2.60 bits per heavy atom. The Hall–Kier alpha value is -1.38. The van der Waals surface area contributed by atoms with E-state index in [4.69, 9.17) is 9.15 Å². The zero-order chi connectivity index (χ0) is 14.2. The maximum atomic E-state index is 12.3. The lowest BCUT2D eigenvalue weighted by Crippen LogP contribution is -2.40. The molecular formula is C12H16N2O5S. The van der Waals surface area contributed by atoms with Crippen molar-refractivity contribution in [3.05, 3.63) is 17.9 Å². The quantitative estimate of drug-likeness (QED) is 0.857. The van der Waals surface area contributed by atoms with E-state index in [-0.39, 0.29) is 22.8 Å². The zero-order valence-corrected chi connectivity index (χ0v) is 11.7. The smallest absolute Gasteiger partial charge is 0.287 e. The van der Waals surface area contributed by atoms with Crippen LogP contribution in [0, 0.1) is 0 Å². The molecule has 1 aliphatic heterocycles. The number of ether oxygens (including phenoxy) is 1. The van der Waals surface area contributed by atoms with Gasteiger partial charge in [0, 0.05) is 19.1 Å². The van der Waals surface area contributed by atoms with Crippen LogP contribution < -0.4 is 5.32 Å². The highest BCUT2D eigenvalue weighted by atomic mass is 32.2. The van der Waals surface area contributed by atoms with Crippen molar-refractivity contribution < 1.29 is 22.4 Å². The Bertz CT molecular complexity index is 599. The van der Waals surface area contributed by atoms with Gasteiger partial charge in [-0.1, -0.05) is 0 Å². The van der Waals surface area contributed by atoms with Crippen LogP contribution in [0.5, 0.6) is 0 Å². The van der Waals surface area contributed by atoms with Gasteiger partial charge in [-0.15, -0.1) is 0 Å². The number of hydrogen-bond acceptors (Lipinski definition) is 5. The fourth-order valence-electron chi connectivity index (χ4n) is 1.98. The zero-order valence-electron chi connectivity index (χ0n) is 10.9. The van der Waals surface area contributed by atoms with E-state index < -0.39 is 10.0 Å². The van der Waals surface area contributed by atoms with Crippen LogP contribution in [-0.4, -0.2) is 51.0 Å². The van der Waals surface area contributed by atoms with E-state index in [0.29, 0.717) is 26.3 Å². The van der Waals surface area contributed by atoms with Crippen LogP contribution in [-0.2, 0) is 14.8 Å². The van der Waals surface area contributed by atoms with Gasteiger partial charge in [-0.05, 0) is 25.0 Å². The molecule has 0 bridgehead atoms. The van der Waals surface area contributed by atoms with Crippen molar-refractivity contribution >= 4 is 15.9 Å². The summed E-state index contributed by atoms with van der Waals surface area (Å²) in [7, 11) is -3.68. The third-order valence-electron chi connectivity index (χ3n) is 3.28. The van der Waals surface area contributed by atoms with Crippen molar-refractivity contribution in [2.45, 2.75) is 24.0 Å². The highest BCUT2D eigenvalue weighted by Gasteiger charge is 2.31. The Morgan fingerprint density at radius 1 is 1.25 bits per heavy atom. The van der Waals surface area contributed by atoms with Gasteiger partial charge in [-0.25, -0.2) is 8.42 Å². The maximum Gasteiger partial charge on any atom is 0.287 e. The van der Waals surface area contributed by atoms with Crippen molar-refractivity contribution in [2.75, 3.05) is 26.3 Å². The number of amides is 1. The van der Waals surface area contributed by atoms with Crippen molar-refractivity contribution in [3.63, 3.8) is 0 Å². The average molecular weight is 300 g/mol. The van der Waals surface area contributed by atoms with Gasteiger partial charge >= 0.3 is 0 Å². The Kier molecular flexibility index (Phi) is 3.53. The van der Waals surface area contributed by atoms with Gasteiger partial charge in [0.1, 0.15) is 0 Å². The highest BCUT2D eigenvalue weighted by Crippen LogP contribution is 2.22. The normalized spacial score (nSPS) is 20.8. The average Bonchev–Trinajstić information content (AvgIpc) is 3.11. The van der Waals surface area contributed by atoms with E-state index in [0.717, 1.165) is 12.8 Å². The standard InChI is InChI=1S/C12H16N2O5S/c15-12(13-9-1-2-9)10-3-4-11(19-10)20(16,17)14-5-7-18-8-6-14/h3-4,9H,1-2,5-8H2,(H,13,15). The first-order valence-electron chi connectivity index (χ1n) is 6.56. The number of furan rings is 1. The first-order chi connectivity index (χ1) is 9.57. The number of carbonyl (C=O) groups excluding carboxylic acids is 1. The summed E-state index contributed by atoms with van der Waals surface area (Å²) in [5, 5.41) is 2.56. The van der Waals surface area contributed by atoms with Crippen molar-refractivity contribution in [1.82, 2.24) is 9.62 Å². The summed E-state index contributed by atoms with van der Waals surface area (Å²) in [5.74, 6) is -0.334. The van der Waals surface area contributed by atoms with E-state index in [2.05, 4.69) is 5.32 Å². The molecule has 110 valence electrons. The van der Waals surface area contributed by atoms with E-state index in [1.54, 1.807) is 0 Å². The van der Waals surface area contributed by atoms with Gasteiger partial charge in [0.05, 0.1) is 13.2 Å². The molecule has 0 unspecified atom stereocenters. The largest absolute Gasteiger partial charge is 0.438 e. The van der Waals surface area contributed by atoms with Crippen LogP contribution in [0.3, 0.4) is 0 Å². The minimum Gasteiger partial charge on any atom is -0.438 e. The number of nitrogens with one attached hydrogen (secondary N) is 1. The summed E-state index contributed by atoms with van der Waals surface area (Å²) >= 11 is 0. The van der Waals surface area contributed by atoms with Gasteiger partial charge in [0.15, 0.2) is 5.76 Å². The van der Waals surface area contributed by atoms with Gasteiger partial charge in [0.25, 0.3) is 15.9 Å². The SMILES string of the molecule is O=C(NC1CC1)c1ccc(S(=O)(=O)N2CCOCC2)o1. The molecule has 1 saturated carbocycles. The van der Waals surface area contributed by atoms with Crippen LogP contribution in [0.2, 0.25) is 0 Å². The lowest BCUT2D eigenvalue weighted by Gasteiger charge is -2.24. The molecule has 1 aromatic rings. The van der Waals surface area contributed by atoms with Gasteiger partial charge < -0.3 is 14.5 Å². The molecule has 0 radical (unpaired) electrons. The number of morpholine rings is 1. The van der Waals surface area contributed by atoms with E-state index in [1.165, 1.54) is 16.4 Å². The molecule has 1 aromatic heterocycles. The molecule has 1 aliphatic carbocycles. The fraction of sp³-hybridized carbons (Fsp3) is 0.583. The number of hydrogen-bond donors (Lipinski definition) is 1. The monoisotopic (exact) mass is 300 g/mol. The predicted octanol–water partition coefficient (Wildman–Crippen LogP) is 0.193. The first-order valence-corrected chi connectivity index (χ1v) is 8.00. The molecule has 1 amide bonds. The summed E-state index contributed by atoms with van der Waals surface area (Å²) in [5.41, 5.74) is 0. The maximum absolute atomic E-state index is 12.3. The van der Waals surface area contributed by atoms with Crippen LogP contribution in [0.15, 0.2) is 21.6 Å². The summed E-state index contributed by atoms with van der Waals surface area (Å²) in [6.07, 6.45) is 1.93. The minimum absolute atomic E-state index is 0.0312. The van der Waals surface area contributed by atoms with E-state index in [1.807, 2.05) is 0 Å². The van der Waals surface area contributed by atoms with Crippen molar-refractivity contribution in [1.29, 1.82) is 0 Å². The fourth-order valence-corrected chi connectivity index (χ4v) is 3.30. The lowest BCUT2D eigenvalue weighted by molar-refractivity contribution is 0.0722. The molecule has 3 rings (SSSR count). The highest BCUT2D eigenvalue weighted by molar-refractivity contribution is 7.89. The molecule has 2 aliphatic rings. The van der Waals surface area contributed by atoms with Gasteiger partial charge in [-0.3, -0.25) is 4.79 Å². The summed E-state index contributed by atoms with van der Waals surface area (Å²) in [6.45, 7) is 1.34. The molecule has 0 spiro atoms. The Morgan fingerprint density at radius 2 is 1.95 bits per heavy atom. The lowest BCUT2D eigenvalue weighted by atomic mass is 10.4. The number of sulfonamides is 1. The second-order valence-corrected chi connectivity index (χ2v) is 6.75. The predicted molar refractivity (Wildman–Crippen MR) is 68.8 cm³/mol. The summed E-state index contributed by atoms with van der Waals surface area (Å²) in [4.78, 5) is 11.8. The Labute approximate surface area is 116 Å². The molecule has 0 aromatic carbocycles. The summed E-state index contributed by atoms with van der Waals surface area (Å²) < 4.78 is 36.2. The number of nitrogens with zero attached hydrogens (tertiary/aromatic N) is 1. The molecule has 2 heterocycles. The third kappa shape index (κ3) is 2.72. The van der Waals surface area contributed by atoms with Crippen LogP contribution >= 0.6 is 0 Å². The number of carbonyl (C=O) groups is 1. The molecular weight excluding hydrogens is 284 g/mol. The molecule has 0 atom stereocenters. The van der Waals surface area contributed by atoms with Gasteiger partial charge in [-0.2, -0.15) is 4.31 Å². The topological polar surface area (TPSA) is 88.9 Å². The van der Waals surface area contributed by atoms with Gasteiger partial charge in [0.2, 0.25) is 5.09 Å². The molecule has 2 fully saturated rings.